The highest BCUT2D eigenvalue weighted by molar-refractivity contribution is 7.23. The third-order valence-electron chi connectivity index (χ3n) is 7.83. The molecule has 0 atom stereocenters. The molecule has 1 heterocycles. The van der Waals surface area contributed by atoms with Crippen LogP contribution in [0.3, 0.4) is 0 Å². The molecular formula is C38H24S. The zero-order valence-electron chi connectivity index (χ0n) is 21.3. The van der Waals surface area contributed by atoms with Gasteiger partial charge in [-0.1, -0.05) is 121 Å². The Balaban J connectivity index is 1.18. The van der Waals surface area contributed by atoms with Crippen molar-refractivity contribution in [2.75, 3.05) is 0 Å². The lowest BCUT2D eigenvalue weighted by molar-refractivity contribution is 1.60. The number of fused-ring (bicyclic) bond motifs is 6. The van der Waals surface area contributed by atoms with Gasteiger partial charge in [0.25, 0.3) is 0 Å². The quantitative estimate of drug-likeness (QED) is 0.207. The van der Waals surface area contributed by atoms with E-state index in [1.165, 1.54) is 75.1 Å². The molecule has 0 bridgehead atoms. The first kappa shape index (κ1) is 22.3. The monoisotopic (exact) mass is 512 g/mol. The minimum Gasteiger partial charge on any atom is -0.135 e. The molecule has 8 aromatic rings. The Bertz CT molecular complexity index is 2180. The number of hydrogen-bond donors (Lipinski definition) is 0. The van der Waals surface area contributed by atoms with E-state index < -0.39 is 0 Å². The van der Waals surface area contributed by atoms with E-state index in [-0.39, 0.29) is 0 Å². The summed E-state index contributed by atoms with van der Waals surface area (Å²) in [6.07, 6.45) is 0. The smallest absolute Gasteiger partial charge is 0.0427 e. The number of thiophene rings is 1. The molecule has 7 aromatic carbocycles. The SMILES string of the molecule is c1cc(-c2cccc(-c3cc4ccc5ccccc5c4s3)c2)cc(-c2ccc3c(ccc4ccccc43)c2)c1. The highest BCUT2D eigenvalue weighted by atomic mass is 32.1. The second-order valence-corrected chi connectivity index (χ2v) is 11.3. The molecule has 0 unspecified atom stereocenters. The van der Waals surface area contributed by atoms with Crippen LogP contribution in [0.5, 0.6) is 0 Å². The van der Waals surface area contributed by atoms with Gasteiger partial charge in [0.1, 0.15) is 0 Å². The van der Waals surface area contributed by atoms with Crippen LogP contribution in [0.4, 0.5) is 0 Å². The molecule has 0 radical (unpaired) electrons. The number of rotatable bonds is 3. The van der Waals surface area contributed by atoms with Crippen molar-refractivity contribution in [2.24, 2.45) is 0 Å². The summed E-state index contributed by atoms with van der Waals surface area (Å²) in [5, 5.41) is 9.11. The average Bonchev–Trinajstić information content (AvgIpc) is 3.46. The van der Waals surface area contributed by atoms with Gasteiger partial charge in [-0.05, 0) is 89.8 Å². The molecule has 8 rings (SSSR count). The maximum atomic E-state index is 2.33. The lowest BCUT2D eigenvalue weighted by atomic mass is 9.95. The fourth-order valence-electron chi connectivity index (χ4n) is 5.83. The highest BCUT2D eigenvalue weighted by Gasteiger charge is 2.10. The van der Waals surface area contributed by atoms with Gasteiger partial charge in [0.2, 0.25) is 0 Å². The van der Waals surface area contributed by atoms with Crippen molar-refractivity contribution in [3.05, 3.63) is 146 Å². The normalized spacial score (nSPS) is 11.6. The molecule has 1 aromatic heterocycles. The van der Waals surface area contributed by atoms with Crippen molar-refractivity contribution in [1.29, 1.82) is 0 Å². The molecule has 1 heteroatoms. The molecule has 0 saturated heterocycles. The van der Waals surface area contributed by atoms with Gasteiger partial charge in [0.15, 0.2) is 0 Å². The van der Waals surface area contributed by atoms with E-state index in [0.717, 1.165) is 0 Å². The molecule has 0 amide bonds. The first-order valence-electron chi connectivity index (χ1n) is 13.3. The van der Waals surface area contributed by atoms with Gasteiger partial charge < -0.3 is 0 Å². The molecule has 0 N–H and O–H groups in total. The second kappa shape index (κ2) is 8.94. The van der Waals surface area contributed by atoms with E-state index in [2.05, 4.69) is 146 Å². The summed E-state index contributed by atoms with van der Waals surface area (Å²) < 4.78 is 1.36. The Labute approximate surface area is 231 Å². The van der Waals surface area contributed by atoms with E-state index in [1.807, 2.05) is 11.3 Å². The summed E-state index contributed by atoms with van der Waals surface area (Å²) in [7, 11) is 0. The summed E-state index contributed by atoms with van der Waals surface area (Å²) in [6, 6.07) is 53.3. The highest BCUT2D eigenvalue weighted by Crippen LogP contribution is 2.39. The minimum atomic E-state index is 1.24. The Morgan fingerprint density at radius 2 is 0.846 bits per heavy atom. The molecule has 39 heavy (non-hydrogen) atoms. The summed E-state index contributed by atoms with van der Waals surface area (Å²) in [5.74, 6) is 0. The topological polar surface area (TPSA) is 0 Å². The van der Waals surface area contributed by atoms with Crippen molar-refractivity contribution in [3.63, 3.8) is 0 Å². The zero-order chi connectivity index (χ0) is 25.8. The third kappa shape index (κ3) is 3.82. The molecule has 0 aliphatic heterocycles. The lowest BCUT2D eigenvalue weighted by Crippen LogP contribution is -1.84. The third-order valence-corrected chi connectivity index (χ3v) is 9.06. The van der Waals surface area contributed by atoms with Crippen molar-refractivity contribution >= 4 is 53.7 Å². The second-order valence-electron chi connectivity index (χ2n) is 10.2. The molecule has 0 nitrogen and oxygen atoms in total. The standard InChI is InChI=1S/C38H24S/c1-3-13-34-25(7-1)15-17-31-22-30(19-20-35(31)34)28-10-5-9-27(21-28)29-11-6-12-32(23-29)37-24-33-18-16-26-8-2-4-14-36(26)38(33)39-37/h1-24H. The van der Waals surface area contributed by atoms with Gasteiger partial charge in [-0.25, -0.2) is 0 Å². The van der Waals surface area contributed by atoms with Crippen LogP contribution in [0.2, 0.25) is 0 Å². The summed E-state index contributed by atoms with van der Waals surface area (Å²) in [6.45, 7) is 0. The van der Waals surface area contributed by atoms with Crippen molar-refractivity contribution in [3.8, 4) is 32.7 Å². The molecule has 0 aliphatic carbocycles. The van der Waals surface area contributed by atoms with E-state index in [1.54, 1.807) is 0 Å². The van der Waals surface area contributed by atoms with Crippen LogP contribution in [0.15, 0.2) is 146 Å². The van der Waals surface area contributed by atoms with Gasteiger partial charge >= 0.3 is 0 Å². The van der Waals surface area contributed by atoms with Crippen LogP contribution < -0.4 is 0 Å². The van der Waals surface area contributed by atoms with E-state index in [0.29, 0.717) is 0 Å². The maximum absolute atomic E-state index is 2.33. The largest absolute Gasteiger partial charge is 0.135 e. The van der Waals surface area contributed by atoms with Crippen LogP contribution in [0.1, 0.15) is 0 Å². The summed E-state index contributed by atoms with van der Waals surface area (Å²) >= 11 is 1.89. The molecular weight excluding hydrogens is 488 g/mol. The van der Waals surface area contributed by atoms with Gasteiger partial charge in [-0.3, -0.25) is 0 Å². The molecule has 0 spiro atoms. The summed E-state index contributed by atoms with van der Waals surface area (Å²) in [4.78, 5) is 1.31. The fraction of sp³-hybridized carbons (Fsp3) is 0. The Kier molecular flexibility index (Phi) is 5.11. The molecule has 182 valence electrons. The first-order valence-corrected chi connectivity index (χ1v) is 14.2. The van der Waals surface area contributed by atoms with E-state index >= 15 is 0 Å². The summed E-state index contributed by atoms with van der Waals surface area (Å²) in [5.41, 5.74) is 6.22. The van der Waals surface area contributed by atoms with Crippen molar-refractivity contribution < 1.29 is 0 Å². The van der Waals surface area contributed by atoms with Gasteiger partial charge in [0, 0.05) is 9.58 Å². The van der Waals surface area contributed by atoms with Crippen LogP contribution >= 0.6 is 11.3 Å². The first-order chi connectivity index (χ1) is 19.3. The zero-order valence-corrected chi connectivity index (χ0v) is 22.1. The number of benzene rings is 7. The van der Waals surface area contributed by atoms with Crippen LogP contribution in [-0.4, -0.2) is 0 Å². The minimum absolute atomic E-state index is 1.24. The van der Waals surface area contributed by atoms with Gasteiger partial charge in [-0.15, -0.1) is 11.3 Å². The van der Waals surface area contributed by atoms with E-state index in [9.17, 15) is 0 Å². The Morgan fingerprint density at radius 3 is 1.62 bits per heavy atom. The van der Waals surface area contributed by atoms with Crippen LogP contribution in [0.25, 0.3) is 75.1 Å². The van der Waals surface area contributed by atoms with Gasteiger partial charge in [0.05, 0.1) is 0 Å². The molecule has 0 aliphatic rings. The Morgan fingerprint density at radius 1 is 0.308 bits per heavy atom. The van der Waals surface area contributed by atoms with Crippen molar-refractivity contribution in [2.45, 2.75) is 0 Å². The van der Waals surface area contributed by atoms with Gasteiger partial charge in [-0.2, -0.15) is 0 Å². The van der Waals surface area contributed by atoms with E-state index in [4.69, 9.17) is 0 Å². The van der Waals surface area contributed by atoms with Crippen molar-refractivity contribution in [1.82, 2.24) is 0 Å². The predicted octanol–water partition coefficient (Wildman–Crippen LogP) is 11.4. The average molecular weight is 513 g/mol. The molecule has 0 fully saturated rings. The maximum Gasteiger partial charge on any atom is 0.0427 e. The number of hydrogen-bond acceptors (Lipinski definition) is 1. The van der Waals surface area contributed by atoms with Crippen LogP contribution in [-0.2, 0) is 0 Å². The molecule has 0 saturated carbocycles. The fourth-order valence-corrected chi connectivity index (χ4v) is 7.02. The van der Waals surface area contributed by atoms with Crippen LogP contribution in [0, 0.1) is 0 Å². The predicted molar refractivity (Wildman–Crippen MR) is 171 cm³/mol. The Hall–Kier alpha value is -4.72. The lowest BCUT2D eigenvalue weighted by Gasteiger charge is -2.10.